The van der Waals surface area contributed by atoms with Gasteiger partial charge < -0.3 is 4.98 Å². The van der Waals surface area contributed by atoms with E-state index in [9.17, 15) is 14.9 Å². The Bertz CT molecular complexity index is 1070. The van der Waals surface area contributed by atoms with Crippen LogP contribution in [0.25, 0.3) is 11.3 Å². The van der Waals surface area contributed by atoms with E-state index in [1.54, 1.807) is 38.1 Å². The molecule has 1 unspecified atom stereocenters. The normalized spacial score (nSPS) is 11.6. The molecule has 27 heavy (non-hydrogen) atoms. The summed E-state index contributed by atoms with van der Waals surface area (Å²) in [6.07, 6.45) is 0. The van der Waals surface area contributed by atoms with Crippen LogP contribution in [0, 0.1) is 18.3 Å². The second-order valence-electron chi connectivity index (χ2n) is 5.45. The Morgan fingerprint density at radius 2 is 2.07 bits per heavy atom. The van der Waals surface area contributed by atoms with Crippen molar-refractivity contribution in [2.75, 3.05) is 5.32 Å². The molecule has 0 aliphatic carbocycles. The molecule has 1 aromatic carbocycles. The molecule has 136 valence electrons. The van der Waals surface area contributed by atoms with E-state index >= 15 is 0 Å². The average molecular weight is 398 g/mol. The molecule has 3 rings (SSSR count). The number of hydrogen-bond acceptors (Lipinski definition) is 8. The number of aryl methyl sites for hydroxylation is 1. The lowest BCUT2D eigenvalue weighted by Gasteiger charge is -2.11. The van der Waals surface area contributed by atoms with E-state index in [2.05, 4.69) is 25.5 Å². The van der Waals surface area contributed by atoms with E-state index in [4.69, 9.17) is 0 Å². The Balaban J connectivity index is 1.84. The summed E-state index contributed by atoms with van der Waals surface area (Å²) >= 11 is 2.36. The molecular weight excluding hydrogens is 384 g/mol. The van der Waals surface area contributed by atoms with Gasteiger partial charge in [0.25, 0.3) is 5.56 Å². The molecule has 2 heterocycles. The largest absolute Gasteiger partial charge is 0.300 e. The van der Waals surface area contributed by atoms with Crippen molar-refractivity contribution in [3.8, 4) is 17.3 Å². The van der Waals surface area contributed by atoms with E-state index < -0.39 is 10.8 Å². The molecule has 10 heteroatoms. The second kappa shape index (κ2) is 8.11. The first-order valence-corrected chi connectivity index (χ1v) is 9.55. The average Bonchev–Trinajstić information content (AvgIpc) is 3.06. The number of benzene rings is 1. The van der Waals surface area contributed by atoms with Crippen LogP contribution in [0.4, 0.5) is 5.13 Å². The molecule has 0 radical (unpaired) electrons. The van der Waals surface area contributed by atoms with Crippen molar-refractivity contribution in [3.05, 3.63) is 51.3 Å². The van der Waals surface area contributed by atoms with Gasteiger partial charge in [0.2, 0.25) is 11.0 Å². The lowest BCUT2D eigenvalue weighted by molar-refractivity contribution is -0.115. The maximum Gasteiger partial charge on any atom is 0.270 e. The highest BCUT2D eigenvalue weighted by atomic mass is 32.2. The Hall–Kier alpha value is -3.03. The second-order valence-corrected chi connectivity index (χ2v) is 7.96. The molecule has 2 aromatic heterocycles. The van der Waals surface area contributed by atoms with Crippen molar-refractivity contribution < 1.29 is 4.79 Å². The van der Waals surface area contributed by atoms with Gasteiger partial charge in [-0.2, -0.15) is 5.26 Å². The predicted molar refractivity (Wildman–Crippen MR) is 104 cm³/mol. The minimum absolute atomic E-state index is 0.0630. The summed E-state index contributed by atoms with van der Waals surface area (Å²) in [4.78, 5) is 31.5. The monoisotopic (exact) mass is 398 g/mol. The molecule has 2 N–H and O–H groups in total. The number of carbonyl (C=O) groups excluding carboxylic acids is 1. The van der Waals surface area contributed by atoms with Crippen molar-refractivity contribution in [2.24, 2.45) is 0 Å². The zero-order valence-corrected chi connectivity index (χ0v) is 16.0. The van der Waals surface area contributed by atoms with Crippen molar-refractivity contribution >= 4 is 34.1 Å². The molecule has 0 bridgehead atoms. The number of aromatic nitrogens is 4. The minimum Gasteiger partial charge on any atom is -0.300 e. The fourth-order valence-corrected chi connectivity index (χ4v) is 3.58. The highest BCUT2D eigenvalue weighted by Gasteiger charge is 2.20. The number of hydrogen-bond donors (Lipinski definition) is 2. The van der Waals surface area contributed by atoms with Crippen LogP contribution in [0.3, 0.4) is 0 Å². The smallest absolute Gasteiger partial charge is 0.270 e. The number of H-pyrrole nitrogens is 1. The molecule has 0 aliphatic heterocycles. The highest BCUT2D eigenvalue weighted by Crippen LogP contribution is 2.25. The van der Waals surface area contributed by atoms with Crippen molar-refractivity contribution in [1.82, 2.24) is 20.2 Å². The van der Waals surface area contributed by atoms with Gasteiger partial charge in [-0.15, -0.1) is 10.2 Å². The molecule has 1 atom stereocenters. The summed E-state index contributed by atoms with van der Waals surface area (Å²) in [5.41, 5.74) is 0.341. The molecule has 0 fully saturated rings. The van der Waals surface area contributed by atoms with Crippen LogP contribution in [-0.2, 0) is 4.79 Å². The number of amides is 1. The first kappa shape index (κ1) is 18.8. The third kappa shape index (κ3) is 4.39. The van der Waals surface area contributed by atoms with Crippen LogP contribution in [0.5, 0.6) is 0 Å². The summed E-state index contributed by atoms with van der Waals surface area (Å²) in [6.45, 7) is 3.48. The Morgan fingerprint density at radius 3 is 2.70 bits per heavy atom. The minimum atomic E-state index is -0.547. The third-order valence-corrected chi connectivity index (χ3v) is 5.21. The van der Waals surface area contributed by atoms with Gasteiger partial charge in [0.1, 0.15) is 16.6 Å². The maximum atomic E-state index is 12.3. The lowest BCUT2D eigenvalue weighted by atomic mass is 10.1. The summed E-state index contributed by atoms with van der Waals surface area (Å²) in [7, 11) is 0. The Labute approximate surface area is 162 Å². The van der Waals surface area contributed by atoms with Crippen molar-refractivity contribution in [2.45, 2.75) is 24.3 Å². The van der Waals surface area contributed by atoms with Gasteiger partial charge in [0.15, 0.2) is 5.16 Å². The van der Waals surface area contributed by atoms with Crippen LogP contribution in [0.15, 0.2) is 40.3 Å². The first-order valence-electron chi connectivity index (χ1n) is 7.85. The van der Waals surface area contributed by atoms with E-state index in [1.165, 1.54) is 11.3 Å². The molecule has 0 saturated carbocycles. The number of nitrogens with one attached hydrogen (secondary N) is 2. The molecule has 0 aliphatic rings. The summed E-state index contributed by atoms with van der Waals surface area (Å²) in [6, 6.07) is 10.9. The fourth-order valence-electron chi connectivity index (χ4n) is 2.19. The van der Waals surface area contributed by atoms with E-state index in [1.807, 2.05) is 12.1 Å². The van der Waals surface area contributed by atoms with Crippen LogP contribution in [-0.4, -0.2) is 31.3 Å². The predicted octanol–water partition coefficient (Wildman–Crippen LogP) is 2.59. The highest BCUT2D eigenvalue weighted by molar-refractivity contribution is 8.00. The molecule has 8 nitrogen and oxygen atoms in total. The number of thioether (sulfide) groups is 1. The molecule has 0 saturated heterocycles. The van der Waals surface area contributed by atoms with Gasteiger partial charge in [-0.25, -0.2) is 4.98 Å². The fraction of sp³-hybridized carbons (Fsp3) is 0.176. The number of nitrogens with zero attached hydrogens (tertiary/aromatic N) is 4. The zero-order valence-electron chi connectivity index (χ0n) is 14.4. The van der Waals surface area contributed by atoms with Crippen molar-refractivity contribution in [3.63, 3.8) is 0 Å². The van der Waals surface area contributed by atoms with Gasteiger partial charge >= 0.3 is 0 Å². The van der Waals surface area contributed by atoms with Gasteiger partial charge in [-0.3, -0.25) is 14.9 Å². The van der Waals surface area contributed by atoms with Crippen LogP contribution >= 0.6 is 23.1 Å². The van der Waals surface area contributed by atoms with Gasteiger partial charge in [-0.1, -0.05) is 53.4 Å². The Morgan fingerprint density at radius 1 is 1.33 bits per heavy atom. The van der Waals surface area contributed by atoms with Crippen molar-refractivity contribution in [1.29, 1.82) is 5.26 Å². The molecular formula is C17H14N6O2S2. The number of nitriles is 1. The third-order valence-electron chi connectivity index (χ3n) is 3.47. The number of carbonyl (C=O) groups is 1. The standard InChI is InChI=1S/C17H14N6O2S2/c1-9(14(24)20-17-23-22-10(2)27-17)26-16-19-13(11-6-4-3-5-7-11)12(8-18)15(25)21-16/h3-7,9H,1-2H3,(H,19,21,25)(H,20,23,24). The number of anilines is 1. The number of aromatic amines is 1. The lowest BCUT2D eigenvalue weighted by Crippen LogP contribution is -2.23. The van der Waals surface area contributed by atoms with Gasteiger partial charge in [0.05, 0.1) is 10.9 Å². The summed E-state index contributed by atoms with van der Waals surface area (Å²) < 4.78 is 0. The Kier molecular flexibility index (Phi) is 5.63. The van der Waals surface area contributed by atoms with Crippen LogP contribution in [0.1, 0.15) is 17.5 Å². The topological polar surface area (TPSA) is 124 Å². The van der Waals surface area contributed by atoms with E-state index in [0.717, 1.165) is 16.8 Å². The van der Waals surface area contributed by atoms with E-state index in [-0.39, 0.29) is 22.3 Å². The number of rotatable bonds is 5. The van der Waals surface area contributed by atoms with Crippen LogP contribution < -0.4 is 10.9 Å². The summed E-state index contributed by atoms with van der Waals surface area (Å²) in [5, 5.41) is 20.5. The van der Waals surface area contributed by atoms with Gasteiger partial charge in [-0.05, 0) is 13.8 Å². The molecule has 1 amide bonds. The quantitative estimate of drug-likeness (QED) is 0.500. The zero-order chi connectivity index (χ0) is 19.4. The molecule has 3 aromatic rings. The summed E-state index contributed by atoms with van der Waals surface area (Å²) in [5.74, 6) is -0.288. The SMILES string of the molecule is Cc1nnc(NC(=O)C(C)Sc2nc(-c3ccccc3)c(C#N)c(=O)[nH]2)s1. The van der Waals surface area contributed by atoms with E-state index in [0.29, 0.717) is 10.7 Å². The van der Waals surface area contributed by atoms with Crippen LogP contribution in [0.2, 0.25) is 0 Å². The van der Waals surface area contributed by atoms with Gasteiger partial charge in [0, 0.05) is 5.56 Å². The molecule has 0 spiro atoms. The first-order chi connectivity index (χ1) is 13.0. The maximum absolute atomic E-state index is 12.3.